The fourth-order valence-electron chi connectivity index (χ4n) is 4.48. The van der Waals surface area contributed by atoms with E-state index >= 15 is 0 Å². The minimum Gasteiger partial charge on any atom is -0.475 e. The van der Waals surface area contributed by atoms with Crippen LogP contribution in [0.3, 0.4) is 0 Å². The van der Waals surface area contributed by atoms with E-state index < -0.39 is 11.9 Å². The Kier molecular flexibility index (Phi) is 6.66. The maximum atomic E-state index is 13.1. The number of hydrogen-bond donors (Lipinski definition) is 0. The average Bonchev–Trinajstić information content (AvgIpc) is 3.60. The number of methoxy groups -OCH3 is 1. The molecule has 0 bridgehead atoms. The lowest BCUT2D eigenvalue weighted by Gasteiger charge is -2.13. The van der Waals surface area contributed by atoms with Crippen molar-refractivity contribution in [2.75, 3.05) is 20.3 Å². The zero-order chi connectivity index (χ0) is 27.9. The Bertz CT molecular complexity index is 1660. The number of fused-ring (bicyclic) bond motifs is 1. The molecule has 4 heterocycles. The van der Waals surface area contributed by atoms with E-state index in [1.54, 1.807) is 43.2 Å². The van der Waals surface area contributed by atoms with Gasteiger partial charge in [-0.2, -0.15) is 23.4 Å². The van der Waals surface area contributed by atoms with Crippen LogP contribution in [-0.2, 0) is 17.5 Å². The molecule has 13 heteroatoms. The van der Waals surface area contributed by atoms with Gasteiger partial charge < -0.3 is 9.47 Å². The lowest BCUT2D eigenvalue weighted by atomic mass is 10.1. The predicted octanol–water partition coefficient (Wildman–Crippen LogP) is 4.75. The number of halogens is 3. The molecule has 0 aliphatic heterocycles. The molecule has 0 saturated heterocycles. The molecule has 0 spiro atoms. The largest absolute Gasteiger partial charge is 0.475 e. The van der Waals surface area contributed by atoms with Gasteiger partial charge in [0.05, 0.1) is 36.1 Å². The summed E-state index contributed by atoms with van der Waals surface area (Å²) in [7, 11) is 1.60. The third-order valence-electron chi connectivity index (χ3n) is 6.62. The summed E-state index contributed by atoms with van der Waals surface area (Å²) in [5, 5.41) is 8.98. The van der Waals surface area contributed by atoms with Crippen LogP contribution in [0, 0.1) is 6.92 Å². The van der Waals surface area contributed by atoms with Crippen LogP contribution in [0.1, 0.15) is 41.4 Å². The molecule has 0 N–H and O–H groups in total. The molecular weight excluding hydrogens is 525 g/mol. The summed E-state index contributed by atoms with van der Waals surface area (Å²) in [4.78, 5) is 18.3. The summed E-state index contributed by atoms with van der Waals surface area (Å²) in [6.45, 7) is 2.72. The molecule has 206 valence electrons. The molecule has 1 saturated carbocycles. The van der Waals surface area contributed by atoms with Gasteiger partial charge in [0, 0.05) is 24.9 Å². The van der Waals surface area contributed by atoms with Gasteiger partial charge in [0.25, 0.3) is 0 Å². The molecule has 1 fully saturated rings. The van der Waals surface area contributed by atoms with Crippen molar-refractivity contribution >= 4 is 11.0 Å². The van der Waals surface area contributed by atoms with Gasteiger partial charge in [-0.1, -0.05) is 12.1 Å². The van der Waals surface area contributed by atoms with Crippen molar-refractivity contribution in [3.63, 3.8) is 0 Å². The van der Waals surface area contributed by atoms with E-state index in [1.165, 1.54) is 11.0 Å². The van der Waals surface area contributed by atoms with Crippen LogP contribution >= 0.6 is 0 Å². The van der Waals surface area contributed by atoms with Gasteiger partial charge in [0.1, 0.15) is 18.5 Å². The zero-order valence-electron chi connectivity index (χ0n) is 21.8. The lowest BCUT2D eigenvalue weighted by molar-refractivity contribution is -0.141. The zero-order valence-corrected chi connectivity index (χ0v) is 21.8. The number of benzene rings is 1. The van der Waals surface area contributed by atoms with Gasteiger partial charge >= 0.3 is 6.18 Å². The molecule has 6 rings (SSSR count). The first-order valence-corrected chi connectivity index (χ1v) is 12.7. The van der Waals surface area contributed by atoms with Crippen LogP contribution in [0.4, 0.5) is 13.2 Å². The Morgan fingerprint density at radius 2 is 1.82 bits per heavy atom. The second kappa shape index (κ2) is 10.3. The first-order valence-electron chi connectivity index (χ1n) is 12.7. The van der Waals surface area contributed by atoms with Gasteiger partial charge in [-0.3, -0.25) is 0 Å². The smallest absolute Gasteiger partial charge is 0.435 e. The average molecular weight is 551 g/mol. The maximum Gasteiger partial charge on any atom is 0.435 e. The van der Waals surface area contributed by atoms with Crippen LogP contribution in [-0.4, -0.2) is 59.8 Å². The number of rotatable bonds is 9. The van der Waals surface area contributed by atoms with Crippen LogP contribution in [0.25, 0.3) is 28.1 Å². The third-order valence-corrected chi connectivity index (χ3v) is 6.62. The van der Waals surface area contributed by atoms with Crippen LogP contribution in [0.15, 0.2) is 49.1 Å². The van der Waals surface area contributed by atoms with E-state index in [2.05, 4.69) is 25.1 Å². The quantitative estimate of drug-likeness (QED) is 0.242. The minimum atomic E-state index is -4.50. The van der Waals surface area contributed by atoms with Crippen molar-refractivity contribution < 1.29 is 22.6 Å². The Balaban J connectivity index is 1.30. The van der Waals surface area contributed by atoms with Gasteiger partial charge in [-0.15, -0.1) is 0 Å². The first kappa shape index (κ1) is 25.9. The third kappa shape index (κ3) is 5.11. The topological polar surface area (TPSA) is 106 Å². The molecule has 0 radical (unpaired) electrons. The molecule has 5 aromatic rings. The van der Waals surface area contributed by atoms with Crippen molar-refractivity contribution in [3.05, 3.63) is 71.7 Å². The molecule has 0 atom stereocenters. The van der Waals surface area contributed by atoms with Gasteiger partial charge in [-0.25, -0.2) is 29.3 Å². The summed E-state index contributed by atoms with van der Waals surface area (Å²) >= 11 is 0. The van der Waals surface area contributed by atoms with Crippen molar-refractivity contribution in [3.8, 4) is 23.0 Å². The Labute approximate surface area is 226 Å². The molecule has 0 amide bonds. The number of nitrogens with zero attached hydrogens (tertiary/aromatic N) is 8. The van der Waals surface area contributed by atoms with Crippen molar-refractivity contribution in [2.24, 2.45) is 0 Å². The highest BCUT2D eigenvalue weighted by Crippen LogP contribution is 2.45. The Hall–Kier alpha value is -4.39. The van der Waals surface area contributed by atoms with E-state index in [0.717, 1.165) is 35.6 Å². The summed E-state index contributed by atoms with van der Waals surface area (Å²) in [5.41, 5.74) is 3.06. The van der Waals surface area contributed by atoms with Crippen LogP contribution < -0.4 is 4.74 Å². The Morgan fingerprint density at radius 3 is 2.52 bits per heavy atom. The van der Waals surface area contributed by atoms with E-state index in [9.17, 15) is 13.2 Å². The molecule has 0 unspecified atom stereocenters. The van der Waals surface area contributed by atoms with Crippen LogP contribution in [0.5, 0.6) is 5.88 Å². The highest BCUT2D eigenvalue weighted by Gasteiger charge is 2.34. The van der Waals surface area contributed by atoms with E-state index in [-0.39, 0.29) is 0 Å². The molecule has 1 aromatic carbocycles. The summed E-state index contributed by atoms with van der Waals surface area (Å²) < 4.78 is 53.3. The van der Waals surface area contributed by atoms with Gasteiger partial charge in [0.15, 0.2) is 17.2 Å². The standard InChI is InChI=1S/C27H25F3N8O2/c1-16-11-21(27(28,29)30)36-38(16)20-7-3-17(4-8-20)14-37-25-19(13-34-37)12-31-24(35-25)22-23(18-5-6-18)32-15-33-26(22)40-10-9-39-2/h3-4,7-8,11-13,15,18H,5-6,9-10,14H2,1-2H3. The minimum absolute atomic E-state index is 0.316. The number of hydrogen-bond acceptors (Lipinski definition) is 8. The number of aryl methyl sites for hydroxylation is 1. The van der Waals surface area contributed by atoms with Crippen molar-refractivity contribution in [2.45, 2.75) is 38.4 Å². The second-order valence-corrected chi connectivity index (χ2v) is 9.58. The second-order valence-electron chi connectivity index (χ2n) is 9.58. The maximum absolute atomic E-state index is 13.1. The first-order chi connectivity index (χ1) is 19.3. The van der Waals surface area contributed by atoms with Crippen LogP contribution in [0.2, 0.25) is 0 Å². The van der Waals surface area contributed by atoms with E-state index in [4.69, 9.17) is 14.5 Å². The summed E-state index contributed by atoms with van der Waals surface area (Å²) in [6, 6.07) is 8.15. The van der Waals surface area contributed by atoms with E-state index in [1.807, 2.05) is 12.1 Å². The predicted molar refractivity (Wildman–Crippen MR) is 138 cm³/mol. The van der Waals surface area contributed by atoms with Gasteiger partial charge in [0.2, 0.25) is 5.88 Å². The van der Waals surface area contributed by atoms with E-state index in [0.29, 0.717) is 60.0 Å². The van der Waals surface area contributed by atoms with Crippen molar-refractivity contribution in [1.82, 2.24) is 39.5 Å². The summed E-state index contributed by atoms with van der Waals surface area (Å²) in [5.74, 6) is 1.18. The number of alkyl halides is 3. The van der Waals surface area contributed by atoms with Crippen molar-refractivity contribution in [1.29, 1.82) is 0 Å². The SMILES string of the molecule is COCCOc1ncnc(C2CC2)c1-c1ncc2cnn(Cc3ccc(-n4nc(C(F)(F)F)cc4C)cc3)c2n1. The number of ether oxygens (including phenoxy) is 2. The molecule has 40 heavy (non-hydrogen) atoms. The fourth-order valence-corrected chi connectivity index (χ4v) is 4.48. The number of aromatic nitrogens is 8. The highest BCUT2D eigenvalue weighted by molar-refractivity contribution is 5.77. The molecule has 1 aliphatic carbocycles. The van der Waals surface area contributed by atoms with Gasteiger partial charge in [-0.05, 0) is 43.5 Å². The lowest BCUT2D eigenvalue weighted by Crippen LogP contribution is -2.09. The Morgan fingerprint density at radius 1 is 1.02 bits per heavy atom. The molecule has 10 nitrogen and oxygen atoms in total. The monoisotopic (exact) mass is 550 g/mol. The molecular formula is C27H25F3N8O2. The molecule has 4 aromatic heterocycles. The summed E-state index contributed by atoms with van der Waals surface area (Å²) in [6.07, 6.45) is 2.48. The fraction of sp³-hybridized carbons (Fsp3) is 0.333. The molecule has 1 aliphatic rings. The normalized spacial score (nSPS) is 13.7. The highest BCUT2D eigenvalue weighted by atomic mass is 19.4.